The third kappa shape index (κ3) is 3.51. The predicted molar refractivity (Wildman–Crippen MR) is 73.6 cm³/mol. The Balaban J connectivity index is 2.07. The van der Waals surface area contributed by atoms with Gasteiger partial charge in [-0.1, -0.05) is 51.9 Å². The van der Waals surface area contributed by atoms with Crippen LogP contribution in [0.15, 0.2) is 0 Å². The van der Waals surface area contributed by atoms with E-state index in [-0.39, 0.29) is 0 Å². The van der Waals surface area contributed by atoms with Crippen molar-refractivity contribution >= 4 is 11.3 Å². The van der Waals surface area contributed by atoms with Gasteiger partial charge in [0, 0.05) is 5.41 Å². The van der Waals surface area contributed by atoms with Gasteiger partial charge in [-0.15, -0.1) is 21.5 Å². The van der Waals surface area contributed by atoms with E-state index < -0.39 is 0 Å². The first-order valence-corrected chi connectivity index (χ1v) is 7.83. The van der Waals surface area contributed by atoms with Crippen LogP contribution in [-0.2, 0) is 5.41 Å². The van der Waals surface area contributed by atoms with E-state index >= 15 is 0 Å². The summed E-state index contributed by atoms with van der Waals surface area (Å²) >= 11 is 1.80. The number of aromatic nitrogens is 2. The quantitative estimate of drug-likeness (QED) is 0.728. The highest BCUT2D eigenvalue weighted by atomic mass is 32.1. The minimum atomic E-state index is 0.295. The molecule has 0 atom stereocenters. The number of aryl methyl sites for hydroxylation is 1. The molecule has 1 saturated carbocycles. The van der Waals surface area contributed by atoms with Crippen LogP contribution in [-0.4, -0.2) is 10.2 Å². The monoisotopic (exact) mass is 252 g/mol. The summed E-state index contributed by atoms with van der Waals surface area (Å²) in [4.78, 5) is 0. The van der Waals surface area contributed by atoms with Crippen molar-refractivity contribution in [2.75, 3.05) is 0 Å². The fourth-order valence-corrected chi connectivity index (χ4v) is 3.69. The van der Waals surface area contributed by atoms with Crippen molar-refractivity contribution in [3.63, 3.8) is 0 Å². The maximum absolute atomic E-state index is 4.41. The van der Waals surface area contributed by atoms with Gasteiger partial charge in [-0.25, -0.2) is 0 Å². The van der Waals surface area contributed by atoms with Gasteiger partial charge in [0.2, 0.25) is 0 Å². The Hall–Kier alpha value is -0.440. The SMILES string of the molecule is Cc1nnc(C2(C)CCCCCCCCC2)s1. The topological polar surface area (TPSA) is 25.8 Å². The lowest BCUT2D eigenvalue weighted by Crippen LogP contribution is -2.22. The van der Waals surface area contributed by atoms with Crippen molar-refractivity contribution in [3.05, 3.63) is 10.0 Å². The van der Waals surface area contributed by atoms with Crippen LogP contribution in [0, 0.1) is 6.92 Å². The second-order valence-electron chi connectivity index (χ2n) is 5.66. The van der Waals surface area contributed by atoms with E-state index in [1.54, 1.807) is 11.3 Å². The maximum atomic E-state index is 4.41. The van der Waals surface area contributed by atoms with Gasteiger partial charge in [-0.3, -0.25) is 0 Å². The zero-order chi connectivity index (χ0) is 12.1. The molecule has 0 saturated heterocycles. The number of hydrogen-bond acceptors (Lipinski definition) is 3. The van der Waals surface area contributed by atoms with E-state index in [9.17, 15) is 0 Å². The Labute approximate surface area is 109 Å². The Morgan fingerprint density at radius 3 is 1.88 bits per heavy atom. The average molecular weight is 252 g/mol. The second-order valence-corrected chi connectivity index (χ2v) is 6.84. The van der Waals surface area contributed by atoms with Gasteiger partial charge in [0.15, 0.2) is 0 Å². The Bertz CT molecular complexity index is 336. The van der Waals surface area contributed by atoms with Crippen LogP contribution in [0.3, 0.4) is 0 Å². The van der Waals surface area contributed by atoms with Gasteiger partial charge in [0.05, 0.1) is 0 Å². The summed E-state index contributed by atoms with van der Waals surface area (Å²) in [6.45, 7) is 4.46. The summed E-state index contributed by atoms with van der Waals surface area (Å²) in [6, 6.07) is 0. The minimum absolute atomic E-state index is 0.295. The molecule has 0 amide bonds. The third-order valence-electron chi connectivity index (χ3n) is 4.00. The van der Waals surface area contributed by atoms with Crippen molar-refractivity contribution in [3.8, 4) is 0 Å². The zero-order valence-electron chi connectivity index (χ0n) is 11.2. The molecule has 1 fully saturated rings. The summed E-state index contributed by atoms with van der Waals surface area (Å²) < 4.78 is 0. The summed E-state index contributed by atoms with van der Waals surface area (Å²) in [5, 5.41) is 11.0. The Morgan fingerprint density at radius 2 is 1.41 bits per heavy atom. The van der Waals surface area contributed by atoms with Crippen LogP contribution < -0.4 is 0 Å². The van der Waals surface area contributed by atoms with Crippen molar-refractivity contribution < 1.29 is 0 Å². The molecule has 0 spiro atoms. The maximum Gasteiger partial charge on any atom is 0.123 e. The van der Waals surface area contributed by atoms with E-state index in [0.29, 0.717) is 5.41 Å². The van der Waals surface area contributed by atoms with Gasteiger partial charge in [0.25, 0.3) is 0 Å². The molecular weight excluding hydrogens is 228 g/mol. The molecule has 1 aliphatic rings. The van der Waals surface area contributed by atoms with Crippen LogP contribution in [0.5, 0.6) is 0 Å². The van der Waals surface area contributed by atoms with Crippen LogP contribution in [0.25, 0.3) is 0 Å². The number of nitrogens with zero attached hydrogens (tertiary/aromatic N) is 2. The zero-order valence-corrected chi connectivity index (χ0v) is 12.0. The van der Waals surface area contributed by atoms with E-state index in [0.717, 1.165) is 5.01 Å². The van der Waals surface area contributed by atoms with Crippen molar-refractivity contribution in [2.45, 2.75) is 77.0 Å². The molecule has 2 rings (SSSR count). The normalized spacial score (nSPS) is 22.2. The number of rotatable bonds is 1. The van der Waals surface area contributed by atoms with Crippen molar-refractivity contribution in [2.24, 2.45) is 0 Å². The van der Waals surface area contributed by atoms with E-state index in [1.165, 1.54) is 62.8 Å². The molecule has 3 heteroatoms. The highest BCUT2D eigenvalue weighted by Gasteiger charge is 2.29. The fourth-order valence-electron chi connectivity index (χ4n) is 2.79. The summed E-state index contributed by atoms with van der Waals surface area (Å²) in [6.07, 6.45) is 12.4. The molecule has 0 unspecified atom stereocenters. The van der Waals surface area contributed by atoms with Crippen LogP contribution in [0.4, 0.5) is 0 Å². The van der Waals surface area contributed by atoms with Crippen molar-refractivity contribution in [1.29, 1.82) is 0 Å². The molecular formula is C14H24N2S. The first-order valence-electron chi connectivity index (χ1n) is 7.01. The predicted octanol–water partition coefficient (Wildman–Crippen LogP) is 4.63. The lowest BCUT2D eigenvalue weighted by molar-refractivity contribution is 0.348. The van der Waals surface area contributed by atoms with Crippen LogP contribution >= 0.6 is 11.3 Å². The molecule has 0 aromatic carbocycles. The summed E-state index contributed by atoms with van der Waals surface area (Å²) in [5.41, 5.74) is 0.295. The van der Waals surface area contributed by atoms with Crippen LogP contribution in [0.2, 0.25) is 0 Å². The Morgan fingerprint density at radius 1 is 0.882 bits per heavy atom. The van der Waals surface area contributed by atoms with E-state index in [1.807, 2.05) is 0 Å². The van der Waals surface area contributed by atoms with E-state index in [2.05, 4.69) is 24.0 Å². The molecule has 1 aromatic rings. The van der Waals surface area contributed by atoms with Crippen molar-refractivity contribution in [1.82, 2.24) is 10.2 Å². The van der Waals surface area contributed by atoms with Gasteiger partial charge < -0.3 is 0 Å². The molecule has 0 N–H and O–H groups in total. The van der Waals surface area contributed by atoms with Gasteiger partial charge >= 0.3 is 0 Å². The highest BCUT2D eigenvalue weighted by molar-refractivity contribution is 7.11. The summed E-state index contributed by atoms with van der Waals surface area (Å²) in [5.74, 6) is 0. The van der Waals surface area contributed by atoms with Gasteiger partial charge in [0.1, 0.15) is 10.0 Å². The lowest BCUT2D eigenvalue weighted by Gasteiger charge is -2.27. The largest absolute Gasteiger partial charge is 0.144 e. The molecule has 0 aliphatic heterocycles. The molecule has 2 nitrogen and oxygen atoms in total. The van der Waals surface area contributed by atoms with Gasteiger partial charge in [-0.2, -0.15) is 0 Å². The van der Waals surface area contributed by atoms with Gasteiger partial charge in [-0.05, 0) is 19.8 Å². The standard InChI is InChI=1S/C14H24N2S/c1-12-15-16-13(17-12)14(2)10-8-6-4-3-5-7-9-11-14/h3-11H2,1-2H3. The average Bonchev–Trinajstić information content (AvgIpc) is 2.75. The minimum Gasteiger partial charge on any atom is -0.144 e. The highest BCUT2D eigenvalue weighted by Crippen LogP contribution is 2.37. The first kappa shape index (κ1) is 13.0. The number of hydrogen-bond donors (Lipinski definition) is 0. The molecule has 17 heavy (non-hydrogen) atoms. The molecule has 0 radical (unpaired) electrons. The molecule has 1 aromatic heterocycles. The lowest BCUT2D eigenvalue weighted by atomic mass is 9.79. The summed E-state index contributed by atoms with van der Waals surface area (Å²) in [7, 11) is 0. The molecule has 1 heterocycles. The second kappa shape index (κ2) is 5.94. The first-order chi connectivity index (χ1) is 8.21. The molecule has 1 aliphatic carbocycles. The molecule has 0 bridgehead atoms. The Kier molecular flexibility index (Phi) is 4.55. The smallest absolute Gasteiger partial charge is 0.123 e. The van der Waals surface area contributed by atoms with E-state index in [4.69, 9.17) is 0 Å². The fraction of sp³-hybridized carbons (Fsp3) is 0.857. The molecule has 96 valence electrons. The third-order valence-corrected chi connectivity index (χ3v) is 5.14. The van der Waals surface area contributed by atoms with Crippen LogP contribution in [0.1, 0.15) is 74.7 Å².